The number of Topliss-reactive ketones (excluding diaryl/α,β-unsaturated/α-hetero) is 1. The van der Waals surface area contributed by atoms with E-state index in [1.54, 1.807) is 0 Å². The molecule has 5 heteroatoms. The van der Waals surface area contributed by atoms with E-state index >= 15 is 0 Å². The van der Waals surface area contributed by atoms with Gasteiger partial charge < -0.3 is 15.4 Å². The highest BCUT2D eigenvalue weighted by molar-refractivity contribution is 5.77. The Morgan fingerprint density at radius 2 is 1.38 bits per heavy atom. The minimum absolute atomic E-state index is 0.0656. The van der Waals surface area contributed by atoms with Crippen LogP contribution in [0.2, 0.25) is 0 Å². The van der Waals surface area contributed by atoms with E-state index in [0.29, 0.717) is 13.1 Å². The lowest BCUT2D eigenvalue weighted by molar-refractivity contribution is -0.116. The number of carbonyl (C=O) groups excluding carboxylic acids is 2. The van der Waals surface area contributed by atoms with E-state index < -0.39 is 11.7 Å². The maximum Gasteiger partial charge on any atom is 0.407 e. The van der Waals surface area contributed by atoms with Crippen LogP contribution >= 0.6 is 0 Å². The van der Waals surface area contributed by atoms with Crippen LogP contribution in [0.1, 0.15) is 89.5 Å². The third-order valence-corrected chi connectivity index (χ3v) is 2.34. The molecule has 0 heterocycles. The van der Waals surface area contributed by atoms with Gasteiger partial charge in [-0.3, -0.25) is 4.79 Å². The lowest BCUT2D eigenvalue weighted by Crippen LogP contribution is -2.46. The maximum atomic E-state index is 11.8. The van der Waals surface area contributed by atoms with Crippen LogP contribution in [0.5, 0.6) is 0 Å². The molecular weight excluding hydrogens is 328 g/mol. The first kappa shape index (κ1) is 29.7. The van der Waals surface area contributed by atoms with Crippen molar-refractivity contribution in [1.82, 2.24) is 10.6 Å². The minimum Gasteiger partial charge on any atom is -0.444 e. The van der Waals surface area contributed by atoms with Gasteiger partial charge in [-0.2, -0.15) is 0 Å². The fraction of sp³-hybridized carbons (Fsp3) is 0.905. The Morgan fingerprint density at radius 3 is 1.69 bits per heavy atom. The number of amides is 1. The van der Waals surface area contributed by atoms with Crippen molar-refractivity contribution >= 4 is 11.9 Å². The molecule has 0 saturated heterocycles. The van der Waals surface area contributed by atoms with E-state index in [0.717, 1.165) is 12.3 Å². The van der Waals surface area contributed by atoms with Gasteiger partial charge in [0, 0.05) is 12.6 Å². The molecule has 0 aromatic carbocycles. The fourth-order valence-electron chi connectivity index (χ4n) is 1.81. The fourth-order valence-corrected chi connectivity index (χ4v) is 1.81. The summed E-state index contributed by atoms with van der Waals surface area (Å²) in [6, 6.07) is -0.0656. The number of nitrogens with one attached hydrogen (secondary N) is 2. The topological polar surface area (TPSA) is 67.4 Å². The van der Waals surface area contributed by atoms with Gasteiger partial charge in [-0.1, -0.05) is 55.4 Å². The quantitative estimate of drug-likeness (QED) is 0.672. The van der Waals surface area contributed by atoms with E-state index in [9.17, 15) is 9.59 Å². The van der Waals surface area contributed by atoms with Crippen molar-refractivity contribution in [2.75, 3.05) is 13.1 Å². The highest BCUT2D eigenvalue weighted by Gasteiger charge is 2.23. The van der Waals surface area contributed by atoms with Crippen molar-refractivity contribution in [2.45, 2.75) is 101 Å². The minimum atomic E-state index is -0.511. The summed E-state index contributed by atoms with van der Waals surface area (Å²) >= 11 is 0. The van der Waals surface area contributed by atoms with Crippen LogP contribution in [-0.2, 0) is 9.53 Å². The van der Waals surface area contributed by atoms with E-state index in [4.69, 9.17) is 4.74 Å². The molecular formula is C21H46N2O3. The summed E-state index contributed by atoms with van der Waals surface area (Å²) in [5, 5.41) is 5.92. The molecule has 0 aliphatic rings. The molecule has 158 valence electrons. The molecule has 0 aliphatic heterocycles. The average Bonchev–Trinajstić information content (AvgIpc) is 2.35. The van der Waals surface area contributed by atoms with Crippen LogP contribution in [0.25, 0.3) is 0 Å². The maximum absolute atomic E-state index is 11.8. The average molecular weight is 375 g/mol. The van der Waals surface area contributed by atoms with E-state index in [-0.39, 0.29) is 17.2 Å². The number of ether oxygens (including phenoxy) is 1. The largest absolute Gasteiger partial charge is 0.444 e. The lowest BCUT2D eigenvalue weighted by atomic mass is 9.88. The summed E-state index contributed by atoms with van der Waals surface area (Å²) in [4.78, 5) is 22.8. The molecule has 0 aromatic heterocycles. The number of alkyl carbamates (subject to hydrolysis) is 1. The zero-order valence-corrected chi connectivity index (χ0v) is 19.5. The molecule has 1 atom stereocenters. The molecule has 1 unspecified atom stereocenters. The highest BCUT2D eigenvalue weighted by atomic mass is 16.6. The summed E-state index contributed by atoms with van der Waals surface area (Å²) in [5.41, 5.74) is -0.430. The Morgan fingerprint density at radius 1 is 0.962 bits per heavy atom. The number of hydrogen-bond acceptors (Lipinski definition) is 4. The Labute approximate surface area is 163 Å². The monoisotopic (exact) mass is 374 g/mol. The molecule has 0 radical (unpaired) electrons. The van der Waals surface area contributed by atoms with Crippen LogP contribution in [0.3, 0.4) is 0 Å². The predicted molar refractivity (Wildman–Crippen MR) is 113 cm³/mol. The first-order chi connectivity index (χ1) is 11.6. The van der Waals surface area contributed by atoms with Gasteiger partial charge >= 0.3 is 6.09 Å². The Kier molecular flexibility index (Phi) is 17.1. The predicted octanol–water partition coefficient (Wildman–Crippen LogP) is 5.18. The van der Waals surface area contributed by atoms with Gasteiger partial charge in [-0.05, 0) is 45.4 Å². The summed E-state index contributed by atoms with van der Waals surface area (Å²) < 4.78 is 5.27. The van der Waals surface area contributed by atoms with Gasteiger partial charge in [0.2, 0.25) is 0 Å². The van der Waals surface area contributed by atoms with Crippen LogP contribution in [0.4, 0.5) is 4.79 Å². The molecule has 0 spiro atoms. The summed E-state index contributed by atoms with van der Waals surface area (Å²) in [6.45, 7) is 24.7. The summed E-state index contributed by atoms with van der Waals surface area (Å²) in [5.74, 6) is 0.914. The summed E-state index contributed by atoms with van der Waals surface area (Å²) in [7, 11) is 0. The molecule has 0 fully saturated rings. The smallest absolute Gasteiger partial charge is 0.407 e. The van der Waals surface area contributed by atoms with E-state index in [1.165, 1.54) is 6.92 Å². The lowest BCUT2D eigenvalue weighted by Gasteiger charge is -2.28. The van der Waals surface area contributed by atoms with Crippen molar-refractivity contribution in [3.63, 3.8) is 0 Å². The summed E-state index contributed by atoms with van der Waals surface area (Å²) in [6.07, 6.45) is 0.383. The third kappa shape index (κ3) is 30.7. The second-order valence-corrected chi connectivity index (χ2v) is 9.17. The molecule has 1 amide bonds. The Bertz CT molecular complexity index is 364. The molecule has 5 nitrogen and oxygen atoms in total. The Hall–Kier alpha value is -1.10. The normalized spacial score (nSPS) is 12.2. The van der Waals surface area contributed by atoms with Crippen molar-refractivity contribution in [2.24, 2.45) is 11.3 Å². The van der Waals surface area contributed by atoms with E-state index in [1.807, 2.05) is 34.6 Å². The first-order valence-electron chi connectivity index (χ1n) is 9.82. The second kappa shape index (κ2) is 15.0. The zero-order valence-electron chi connectivity index (χ0n) is 19.5. The van der Waals surface area contributed by atoms with Crippen molar-refractivity contribution in [1.29, 1.82) is 0 Å². The van der Waals surface area contributed by atoms with Gasteiger partial charge in [0.25, 0.3) is 0 Å². The number of carbonyl (C=O) groups is 2. The van der Waals surface area contributed by atoms with Gasteiger partial charge in [0.05, 0.1) is 6.54 Å². The van der Waals surface area contributed by atoms with Crippen molar-refractivity contribution in [3.8, 4) is 0 Å². The van der Waals surface area contributed by atoms with E-state index in [2.05, 4.69) is 52.2 Å². The first-order valence-corrected chi connectivity index (χ1v) is 9.82. The van der Waals surface area contributed by atoms with Crippen molar-refractivity contribution in [3.05, 3.63) is 0 Å². The van der Waals surface area contributed by atoms with Gasteiger partial charge in [-0.15, -0.1) is 0 Å². The number of hydrogen-bond donors (Lipinski definition) is 2. The number of ketones is 1. The second-order valence-electron chi connectivity index (χ2n) is 9.17. The molecule has 0 bridgehead atoms. The standard InChI is InChI=1S/C15H30N2O3.C4H10.C2H6/c1-11(18)9-16-10-12(8-14(2,3)4)17-13(19)20-15(5,6)7;1-4(2)3;1-2/h12,16H,8-10H2,1-7H3,(H,17,19);4H,1-3H3;1-2H3. The van der Waals surface area contributed by atoms with Crippen LogP contribution in [-0.4, -0.2) is 36.6 Å². The van der Waals surface area contributed by atoms with Gasteiger partial charge in [0.15, 0.2) is 0 Å². The highest BCUT2D eigenvalue weighted by Crippen LogP contribution is 2.20. The third-order valence-electron chi connectivity index (χ3n) is 2.34. The molecule has 0 rings (SSSR count). The van der Waals surface area contributed by atoms with Crippen LogP contribution < -0.4 is 10.6 Å². The van der Waals surface area contributed by atoms with Gasteiger partial charge in [-0.25, -0.2) is 4.79 Å². The molecule has 26 heavy (non-hydrogen) atoms. The number of rotatable bonds is 6. The Balaban J connectivity index is -0.000000769. The zero-order chi connectivity index (χ0) is 21.6. The molecule has 0 saturated carbocycles. The van der Waals surface area contributed by atoms with Crippen molar-refractivity contribution < 1.29 is 14.3 Å². The molecule has 0 aliphatic carbocycles. The molecule has 2 N–H and O–H groups in total. The van der Waals surface area contributed by atoms with Crippen LogP contribution in [0.15, 0.2) is 0 Å². The SMILES string of the molecule is CC.CC(=O)CNCC(CC(C)(C)C)NC(=O)OC(C)(C)C.CC(C)C. The van der Waals surface area contributed by atoms with Crippen LogP contribution in [0, 0.1) is 11.3 Å². The molecule has 0 aromatic rings. The van der Waals surface area contributed by atoms with Gasteiger partial charge in [0.1, 0.15) is 11.4 Å².